The van der Waals surface area contributed by atoms with E-state index in [1.54, 1.807) is 18.2 Å². The Labute approximate surface area is 138 Å². The number of rotatable bonds is 4. The van der Waals surface area contributed by atoms with Crippen molar-refractivity contribution >= 4 is 16.7 Å². The Balaban J connectivity index is 0.00000200. The van der Waals surface area contributed by atoms with Crippen molar-refractivity contribution in [3.05, 3.63) is 35.4 Å². The first kappa shape index (κ1) is 16.8. The summed E-state index contributed by atoms with van der Waals surface area (Å²) < 4.78 is 10.3. The summed E-state index contributed by atoms with van der Waals surface area (Å²) in [6, 6.07) is 6.47. The Morgan fingerprint density at radius 1 is 1.10 bits per heavy atom. The Bertz CT molecular complexity index is 639. The minimum atomic E-state index is -1.32. The van der Waals surface area contributed by atoms with Crippen LogP contribution >= 0.6 is 0 Å². The van der Waals surface area contributed by atoms with Gasteiger partial charge in [-0.3, -0.25) is 0 Å². The molecule has 0 radical (unpaired) electrons. The molecule has 1 N–H and O–H groups in total. The van der Waals surface area contributed by atoms with Gasteiger partial charge >= 0.3 is 29.6 Å². The van der Waals surface area contributed by atoms with Crippen LogP contribution in [0.25, 0.3) is 10.8 Å². The Morgan fingerprint density at radius 3 is 2.00 bits per heavy atom. The van der Waals surface area contributed by atoms with Gasteiger partial charge in [-0.2, -0.15) is 0 Å². The van der Waals surface area contributed by atoms with Crippen molar-refractivity contribution in [2.24, 2.45) is 0 Å². The van der Waals surface area contributed by atoms with Gasteiger partial charge in [0.1, 0.15) is 0 Å². The van der Waals surface area contributed by atoms with Crippen molar-refractivity contribution in [3.8, 4) is 11.5 Å². The predicted octanol–water partition coefficient (Wildman–Crippen LogP) is -2.28. The van der Waals surface area contributed by atoms with E-state index >= 15 is 0 Å². The third-order valence-electron chi connectivity index (χ3n) is 2.95. The molecular weight excluding hydrogens is 271 g/mol. The average Bonchev–Trinajstić information content (AvgIpc) is 2.43. The van der Waals surface area contributed by atoms with Crippen LogP contribution in [0.2, 0.25) is 0 Å². The molecule has 0 aliphatic carbocycles. The van der Waals surface area contributed by atoms with Crippen LogP contribution in [-0.4, -0.2) is 25.3 Å². The fourth-order valence-corrected chi connectivity index (χ4v) is 1.99. The van der Waals surface area contributed by atoms with Gasteiger partial charge in [-0.25, -0.2) is 0 Å². The standard InChI is InChI=1S/C14H14O5.Na/c1-18-12-5-8-3-10(7-15)11(14(16)17)4-9(8)6-13(12)19-2;/h3-6,15H,7H2,1-2H3,(H,16,17);/q;+1/p-1. The van der Waals surface area contributed by atoms with E-state index in [4.69, 9.17) is 9.47 Å². The molecule has 0 spiro atoms. The van der Waals surface area contributed by atoms with E-state index in [1.165, 1.54) is 20.3 Å². The van der Waals surface area contributed by atoms with E-state index in [2.05, 4.69) is 0 Å². The van der Waals surface area contributed by atoms with Crippen molar-refractivity contribution in [1.82, 2.24) is 0 Å². The summed E-state index contributed by atoms with van der Waals surface area (Å²) in [5, 5.41) is 21.7. The third kappa shape index (κ3) is 3.07. The molecule has 0 unspecified atom stereocenters. The molecule has 6 heteroatoms. The normalized spacial score (nSPS) is 9.95. The van der Waals surface area contributed by atoms with Gasteiger partial charge in [0.15, 0.2) is 11.5 Å². The molecule has 20 heavy (non-hydrogen) atoms. The molecular formula is C14H13NaO5. The van der Waals surface area contributed by atoms with Gasteiger partial charge in [0.05, 0.1) is 26.8 Å². The first-order chi connectivity index (χ1) is 9.10. The third-order valence-corrected chi connectivity index (χ3v) is 2.95. The van der Waals surface area contributed by atoms with Crippen LogP contribution in [0.15, 0.2) is 24.3 Å². The Kier molecular flexibility index (Phi) is 5.83. The maximum absolute atomic E-state index is 11.0. The number of aromatic carboxylic acids is 1. The smallest absolute Gasteiger partial charge is 0.545 e. The monoisotopic (exact) mass is 284 g/mol. The van der Waals surface area contributed by atoms with Crippen molar-refractivity contribution in [2.45, 2.75) is 6.61 Å². The number of carbonyl (C=O) groups excluding carboxylic acids is 1. The summed E-state index contributed by atoms with van der Waals surface area (Å²) in [5.74, 6) is -0.267. The first-order valence-electron chi connectivity index (χ1n) is 5.61. The molecule has 2 aromatic rings. The SMILES string of the molecule is COc1cc2cc(CO)c(C(=O)[O-])cc2cc1OC.[Na+]. The fraction of sp³-hybridized carbons (Fsp3) is 0.214. The van der Waals surface area contributed by atoms with Crippen LogP contribution in [0, 0.1) is 0 Å². The van der Waals surface area contributed by atoms with E-state index in [-0.39, 0.29) is 41.7 Å². The minimum absolute atomic E-state index is 0. The second-order valence-corrected chi connectivity index (χ2v) is 4.01. The van der Waals surface area contributed by atoms with Crippen molar-refractivity contribution in [3.63, 3.8) is 0 Å². The summed E-state index contributed by atoms with van der Waals surface area (Å²) in [5.41, 5.74) is 0.280. The van der Waals surface area contributed by atoms with E-state index in [0.717, 1.165) is 5.39 Å². The number of aliphatic hydroxyl groups is 1. The zero-order valence-electron chi connectivity index (χ0n) is 11.6. The maximum Gasteiger partial charge on any atom is 1.00 e. The van der Waals surface area contributed by atoms with Gasteiger partial charge in [-0.1, -0.05) is 0 Å². The second-order valence-electron chi connectivity index (χ2n) is 4.01. The van der Waals surface area contributed by atoms with Crippen LogP contribution in [0.5, 0.6) is 11.5 Å². The molecule has 0 aromatic heterocycles. The summed E-state index contributed by atoms with van der Waals surface area (Å²) in [4.78, 5) is 11.0. The molecule has 5 nitrogen and oxygen atoms in total. The zero-order valence-corrected chi connectivity index (χ0v) is 13.6. The van der Waals surface area contributed by atoms with Crippen LogP contribution in [0.3, 0.4) is 0 Å². The molecule has 0 saturated carbocycles. The number of aliphatic hydroxyl groups excluding tert-OH is 1. The Morgan fingerprint density at radius 2 is 1.60 bits per heavy atom. The fourth-order valence-electron chi connectivity index (χ4n) is 1.99. The molecule has 2 aromatic carbocycles. The van der Waals surface area contributed by atoms with Gasteiger partial charge < -0.3 is 24.5 Å². The molecule has 0 amide bonds. The molecule has 0 heterocycles. The van der Waals surface area contributed by atoms with E-state index < -0.39 is 5.97 Å². The van der Waals surface area contributed by atoms with Crippen LogP contribution in [-0.2, 0) is 6.61 Å². The summed E-state index contributed by atoms with van der Waals surface area (Å²) >= 11 is 0. The zero-order chi connectivity index (χ0) is 14.0. The number of benzene rings is 2. The second kappa shape index (κ2) is 6.95. The minimum Gasteiger partial charge on any atom is -0.545 e. The molecule has 0 saturated heterocycles. The van der Waals surface area contributed by atoms with Crippen molar-refractivity contribution in [2.75, 3.05) is 14.2 Å². The number of carboxylic acids is 1. The van der Waals surface area contributed by atoms with Crippen LogP contribution in [0.1, 0.15) is 15.9 Å². The summed E-state index contributed by atoms with van der Waals surface area (Å²) in [6.07, 6.45) is 0. The number of carbonyl (C=O) groups is 1. The number of fused-ring (bicyclic) bond motifs is 1. The summed E-state index contributed by atoms with van der Waals surface area (Å²) in [7, 11) is 3.03. The number of hydrogen-bond acceptors (Lipinski definition) is 5. The molecule has 0 aliphatic heterocycles. The van der Waals surface area contributed by atoms with E-state index in [1.807, 2.05) is 0 Å². The molecule has 100 valence electrons. The molecule has 0 aliphatic rings. The average molecular weight is 284 g/mol. The van der Waals surface area contributed by atoms with Gasteiger partial charge in [-0.05, 0) is 40.6 Å². The number of carboxylic acid groups (broad SMARTS) is 1. The van der Waals surface area contributed by atoms with Gasteiger partial charge in [0.2, 0.25) is 0 Å². The molecule has 0 atom stereocenters. The van der Waals surface area contributed by atoms with Crippen LogP contribution in [0.4, 0.5) is 0 Å². The van der Waals surface area contributed by atoms with Gasteiger partial charge in [0.25, 0.3) is 0 Å². The topological polar surface area (TPSA) is 78.8 Å². The number of methoxy groups -OCH3 is 2. The molecule has 2 rings (SSSR count). The van der Waals surface area contributed by atoms with E-state index in [0.29, 0.717) is 22.4 Å². The van der Waals surface area contributed by atoms with E-state index in [9.17, 15) is 15.0 Å². The predicted molar refractivity (Wildman–Crippen MR) is 67.3 cm³/mol. The number of ether oxygens (including phenoxy) is 2. The quantitative estimate of drug-likeness (QED) is 0.640. The largest absolute Gasteiger partial charge is 1.00 e. The van der Waals surface area contributed by atoms with Gasteiger partial charge in [0, 0.05) is 5.56 Å². The van der Waals surface area contributed by atoms with Crippen molar-refractivity contribution in [1.29, 1.82) is 0 Å². The summed E-state index contributed by atoms with van der Waals surface area (Å²) in [6.45, 7) is -0.367. The number of hydrogen-bond donors (Lipinski definition) is 1. The molecule has 0 fully saturated rings. The van der Waals surface area contributed by atoms with Crippen LogP contribution < -0.4 is 44.1 Å². The van der Waals surface area contributed by atoms with Gasteiger partial charge in [-0.15, -0.1) is 0 Å². The Hall–Kier alpha value is -1.27. The molecule has 0 bridgehead atoms. The van der Waals surface area contributed by atoms with Crippen molar-refractivity contribution < 1.29 is 54.0 Å². The maximum atomic E-state index is 11.0. The first-order valence-corrected chi connectivity index (χ1v) is 5.61.